The van der Waals surface area contributed by atoms with E-state index in [1.807, 2.05) is 0 Å². The smallest absolute Gasteiger partial charge is 0.426 e. The molecule has 0 saturated carbocycles. The lowest BCUT2D eigenvalue weighted by Crippen LogP contribution is -2.41. The van der Waals surface area contributed by atoms with Gasteiger partial charge in [0.15, 0.2) is 0 Å². The fourth-order valence-corrected chi connectivity index (χ4v) is 2.11. The number of benzene rings is 2. The molecule has 0 spiro atoms. The van der Waals surface area contributed by atoms with E-state index >= 15 is 0 Å². The number of aromatic nitrogens is 2. The predicted octanol–water partition coefficient (Wildman–Crippen LogP) is 4.04. The number of primary amides is 1. The Morgan fingerprint density at radius 1 is 0.857 bits per heavy atom. The lowest BCUT2D eigenvalue weighted by atomic mass is 10.1. The van der Waals surface area contributed by atoms with Crippen molar-refractivity contribution in [2.45, 2.75) is 12.3 Å². The van der Waals surface area contributed by atoms with Gasteiger partial charge in [-0.1, -0.05) is 0 Å². The first-order valence-corrected chi connectivity index (χ1v) is 7.54. The van der Waals surface area contributed by atoms with Crippen LogP contribution >= 0.6 is 0 Å². The van der Waals surface area contributed by atoms with Crippen LogP contribution in [0, 0.1) is 0 Å². The van der Waals surface area contributed by atoms with Crippen LogP contribution in [0.4, 0.5) is 22.0 Å². The summed E-state index contributed by atoms with van der Waals surface area (Å²) in [5.74, 6) is -1.18. The first kappa shape index (κ1) is 19.3. The molecular formula is C17H10F5N3O3. The highest BCUT2D eigenvalue weighted by atomic mass is 19.4. The van der Waals surface area contributed by atoms with E-state index in [9.17, 15) is 26.7 Å². The molecule has 0 aliphatic rings. The maximum atomic E-state index is 12.9. The number of amides is 1. The molecule has 28 heavy (non-hydrogen) atoms. The number of carbonyl (C=O) groups is 1. The van der Waals surface area contributed by atoms with Gasteiger partial charge in [0.25, 0.3) is 0 Å². The van der Waals surface area contributed by atoms with Crippen LogP contribution in [0.15, 0.2) is 52.9 Å². The van der Waals surface area contributed by atoms with Crippen molar-refractivity contribution in [2.24, 2.45) is 5.73 Å². The molecule has 0 fully saturated rings. The van der Waals surface area contributed by atoms with Gasteiger partial charge in [-0.2, -0.15) is 22.0 Å². The molecule has 0 unspecified atom stereocenters. The van der Waals surface area contributed by atoms with Gasteiger partial charge in [0.2, 0.25) is 17.7 Å². The zero-order chi connectivity index (χ0) is 20.5. The lowest BCUT2D eigenvalue weighted by Gasteiger charge is -2.20. The highest BCUT2D eigenvalue weighted by Crippen LogP contribution is 2.37. The Labute approximate surface area is 153 Å². The predicted molar refractivity (Wildman–Crippen MR) is 85.3 cm³/mol. The molecule has 1 heterocycles. The van der Waals surface area contributed by atoms with Crippen LogP contribution in [0.1, 0.15) is 10.4 Å². The Balaban J connectivity index is 1.77. The highest BCUT2D eigenvalue weighted by Gasteiger charge is 2.61. The van der Waals surface area contributed by atoms with E-state index in [2.05, 4.69) is 14.9 Å². The number of carbonyl (C=O) groups excluding carboxylic acids is 1. The van der Waals surface area contributed by atoms with Crippen molar-refractivity contribution in [3.05, 3.63) is 54.1 Å². The van der Waals surface area contributed by atoms with E-state index < -0.39 is 23.9 Å². The monoisotopic (exact) mass is 399 g/mol. The topological polar surface area (TPSA) is 91.2 Å². The first-order chi connectivity index (χ1) is 13.1. The minimum Gasteiger partial charge on any atom is -0.426 e. The number of ether oxygens (including phenoxy) is 1. The third-order valence-corrected chi connectivity index (χ3v) is 3.52. The van der Waals surface area contributed by atoms with Gasteiger partial charge >= 0.3 is 12.3 Å². The van der Waals surface area contributed by atoms with Crippen LogP contribution in [0.2, 0.25) is 0 Å². The average Bonchev–Trinajstić information content (AvgIpc) is 3.11. The molecular weight excluding hydrogens is 389 g/mol. The minimum absolute atomic E-state index is 0.00288. The van der Waals surface area contributed by atoms with E-state index in [0.29, 0.717) is 5.56 Å². The summed E-state index contributed by atoms with van der Waals surface area (Å²) >= 11 is 0. The molecule has 0 aliphatic heterocycles. The van der Waals surface area contributed by atoms with E-state index in [1.54, 1.807) is 0 Å². The number of hydrogen-bond donors (Lipinski definition) is 1. The van der Waals surface area contributed by atoms with Gasteiger partial charge in [-0.15, -0.1) is 10.2 Å². The van der Waals surface area contributed by atoms with Crippen molar-refractivity contribution >= 4 is 5.91 Å². The average molecular weight is 399 g/mol. The summed E-state index contributed by atoms with van der Waals surface area (Å²) in [4.78, 5) is 11.1. The molecule has 2 N–H and O–H groups in total. The maximum absolute atomic E-state index is 12.9. The molecule has 0 bridgehead atoms. The summed E-state index contributed by atoms with van der Waals surface area (Å²) in [5, 5.41) is 7.61. The van der Waals surface area contributed by atoms with E-state index in [0.717, 1.165) is 12.1 Å². The van der Waals surface area contributed by atoms with Crippen molar-refractivity contribution in [2.75, 3.05) is 0 Å². The summed E-state index contributed by atoms with van der Waals surface area (Å²) in [6.45, 7) is 0. The number of nitrogens with zero attached hydrogens (tertiary/aromatic N) is 2. The summed E-state index contributed by atoms with van der Waals surface area (Å²) < 4.78 is 71.4. The van der Waals surface area contributed by atoms with Crippen LogP contribution in [-0.2, 0) is 0 Å². The second kappa shape index (κ2) is 6.91. The molecule has 2 aromatic carbocycles. The van der Waals surface area contributed by atoms with Gasteiger partial charge in [0.05, 0.1) is 0 Å². The molecule has 0 atom stereocenters. The Morgan fingerprint density at radius 3 is 1.75 bits per heavy atom. The Kier molecular flexibility index (Phi) is 4.75. The van der Waals surface area contributed by atoms with Crippen molar-refractivity contribution in [1.82, 2.24) is 10.2 Å². The number of nitrogens with two attached hydrogens (primary N) is 1. The molecule has 0 saturated heterocycles. The molecule has 11 heteroatoms. The molecule has 6 nitrogen and oxygen atoms in total. The van der Waals surface area contributed by atoms with Gasteiger partial charge in [0.1, 0.15) is 5.75 Å². The van der Waals surface area contributed by atoms with Crippen molar-refractivity contribution in [1.29, 1.82) is 0 Å². The number of rotatable bonds is 5. The van der Waals surface area contributed by atoms with Crippen molar-refractivity contribution in [3.63, 3.8) is 0 Å². The fourth-order valence-electron chi connectivity index (χ4n) is 2.11. The number of alkyl halides is 5. The summed E-state index contributed by atoms with van der Waals surface area (Å²) in [6, 6.07) is 10.2. The third-order valence-electron chi connectivity index (χ3n) is 3.52. The van der Waals surface area contributed by atoms with Gasteiger partial charge in [-0.25, -0.2) is 0 Å². The second-order valence-electron chi connectivity index (χ2n) is 5.49. The SMILES string of the molecule is NC(=O)c1ccc(-c2nnc(-c3ccc(OC(F)(F)C(F)(F)F)cc3)o2)cc1. The van der Waals surface area contributed by atoms with Gasteiger partial charge < -0.3 is 14.9 Å². The number of halogens is 5. The second-order valence-corrected chi connectivity index (χ2v) is 5.49. The summed E-state index contributed by atoms with van der Waals surface area (Å²) in [6.07, 6.45) is -11.2. The normalized spacial score (nSPS) is 12.0. The molecule has 1 amide bonds. The minimum atomic E-state index is -5.84. The van der Waals surface area contributed by atoms with Crippen molar-refractivity contribution in [3.8, 4) is 28.7 Å². The maximum Gasteiger partial charge on any atom is 0.499 e. The largest absolute Gasteiger partial charge is 0.499 e. The fraction of sp³-hybridized carbons (Fsp3) is 0.118. The summed E-state index contributed by atoms with van der Waals surface area (Å²) in [7, 11) is 0. The molecule has 1 aromatic heterocycles. The van der Waals surface area contributed by atoms with Gasteiger partial charge in [-0.3, -0.25) is 4.79 Å². The highest BCUT2D eigenvalue weighted by molar-refractivity contribution is 5.93. The van der Waals surface area contributed by atoms with Gasteiger partial charge in [0, 0.05) is 16.7 Å². The third kappa shape index (κ3) is 3.92. The van der Waals surface area contributed by atoms with Crippen LogP contribution in [0.5, 0.6) is 5.75 Å². The van der Waals surface area contributed by atoms with E-state index in [4.69, 9.17) is 10.2 Å². The lowest BCUT2D eigenvalue weighted by molar-refractivity contribution is -0.360. The van der Waals surface area contributed by atoms with Crippen LogP contribution in [0.3, 0.4) is 0 Å². The zero-order valence-corrected chi connectivity index (χ0v) is 13.7. The van der Waals surface area contributed by atoms with Crippen LogP contribution in [-0.4, -0.2) is 28.4 Å². The van der Waals surface area contributed by atoms with Crippen LogP contribution in [0.25, 0.3) is 22.9 Å². The standard InChI is InChI=1S/C17H10F5N3O3/c18-16(19,20)17(21,22)28-12-7-5-11(6-8-12)15-25-24-14(27-15)10-3-1-9(2-4-10)13(23)26/h1-8H,(H2,23,26). The molecule has 146 valence electrons. The molecule has 0 radical (unpaired) electrons. The zero-order valence-electron chi connectivity index (χ0n) is 13.7. The first-order valence-electron chi connectivity index (χ1n) is 7.54. The van der Waals surface area contributed by atoms with E-state index in [1.165, 1.54) is 36.4 Å². The van der Waals surface area contributed by atoms with Crippen LogP contribution < -0.4 is 10.5 Å². The Morgan fingerprint density at radius 2 is 1.32 bits per heavy atom. The molecule has 0 aliphatic carbocycles. The quantitative estimate of drug-likeness (QED) is 0.654. The molecule has 3 aromatic rings. The molecule has 3 rings (SSSR count). The number of hydrogen-bond acceptors (Lipinski definition) is 5. The van der Waals surface area contributed by atoms with E-state index in [-0.39, 0.29) is 22.9 Å². The summed E-state index contributed by atoms with van der Waals surface area (Å²) in [5.41, 5.74) is 6.20. The Bertz CT molecular complexity index is 983. The van der Waals surface area contributed by atoms with Crippen molar-refractivity contribution < 1.29 is 35.9 Å². The van der Waals surface area contributed by atoms with Gasteiger partial charge in [-0.05, 0) is 48.5 Å². The Hall–Kier alpha value is -3.50.